The van der Waals surface area contributed by atoms with Gasteiger partial charge >= 0.3 is 11.8 Å². The first-order valence-corrected chi connectivity index (χ1v) is 13.4. The van der Waals surface area contributed by atoms with Gasteiger partial charge < -0.3 is 14.5 Å². The van der Waals surface area contributed by atoms with Crippen LogP contribution in [0.2, 0.25) is 0 Å². The molecule has 0 aliphatic carbocycles. The summed E-state index contributed by atoms with van der Waals surface area (Å²) in [4.78, 5) is 24.3. The lowest BCUT2D eigenvalue weighted by molar-refractivity contribution is -0.136. The molecule has 0 radical (unpaired) electrons. The molecule has 0 saturated carbocycles. The van der Waals surface area contributed by atoms with E-state index in [-0.39, 0.29) is 17.2 Å². The summed E-state index contributed by atoms with van der Waals surface area (Å²) >= 11 is 3.26. The Hall–Kier alpha value is -4.26. The number of furan rings is 1. The highest BCUT2D eigenvalue weighted by Gasteiger charge is 2.15. The van der Waals surface area contributed by atoms with Crippen molar-refractivity contribution < 1.29 is 27.2 Å². The highest BCUT2D eigenvalue weighted by Crippen LogP contribution is 2.22. The summed E-state index contributed by atoms with van der Waals surface area (Å²) in [5.41, 5.74) is 2.50. The van der Waals surface area contributed by atoms with E-state index in [0.717, 1.165) is 4.47 Å². The molecule has 0 unspecified atom stereocenters. The maximum Gasteiger partial charge on any atom is 0.329 e. The zero-order valence-electron chi connectivity index (χ0n) is 19.6. The van der Waals surface area contributed by atoms with Gasteiger partial charge in [-0.2, -0.15) is 5.10 Å². The second kappa shape index (κ2) is 12.3. The van der Waals surface area contributed by atoms with E-state index in [4.69, 9.17) is 9.15 Å². The summed E-state index contributed by atoms with van der Waals surface area (Å²) in [7, 11) is -3.72. The van der Waals surface area contributed by atoms with Crippen LogP contribution in [-0.2, 0) is 26.2 Å². The second-order valence-electron chi connectivity index (χ2n) is 7.68. The number of hydrogen-bond donors (Lipinski definition) is 3. The molecule has 0 fully saturated rings. The minimum absolute atomic E-state index is 0.0871. The Morgan fingerprint density at radius 3 is 2.26 bits per heavy atom. The largest absolute Gasteiger partial charge is 0.459 e. The van der Waals surface area contributed by atoms with Crippen molar-refractivity contribution in [2.45, 2.75) is 11.4 Å². The standard InChI is InChI=1S/C26H21BrN4O6S/c27-18-6-14-24(15-7-18)38(34,35)29-17-23-13-12-22(37-23)16-28-31-26(33)25(32)30-19-8-10-21(11-9-19)36-20-4-2-1-3-5-20/h1-16,29H,17H2,(H,30,32)(H,31,33)/b28-16+. The van der Waals surface area contributed by atoms with Gasteiger partial charge in [-0.15, -0.1) is 0 Å². The Balaban J connectivity index is 1.23. The number of carbonyl (C=O) groups is 2. The van der Waals surface area contributed by atoms with Crippen molar-refractivity contribution in [3.63, 3.8) is 0 Å². The molecule has 194 valence electrons. The van der Waals surface area contributed by atoms with Crippen LogP contribution >= 0.6 is 15.9 Å². The summed E-state index contributed by atoms with van der Waals surface area (Å²) in [6.45, 7) is -0.0871. The molecule has 38 heavy (non-hydrogen) atoms. The van der Waals surface area contributed by atoms with Crippen LogP contribution in [0.1, 0.15) is 11.5 Å². The van der Waals surface area contributed by atoms with Crippen molar-refractivity contribution in [2.24, 2.45) is 5.10 Å². The van der Waals surface area contributed by atoms with Gasteiger partial charge in [0.05, 0.1) is 17.7 Å². The normalized spacial score (nSPS) is 11.3. The van der Waals surface area contributed by atoms with Gasteiger partial charge in [-0.1, -0.05) is 34.1 Å². The molecular weight excluding hydrogens is 576 g/mol. The fourth-order valence-corrected chi connectivity index (χ4v) is 4.30. The number of rotatable bonds is 9. The number of halogens is 1. The molecule has 12 heteroatoms. The van der Waals surface area contributed by atoms with Crippen LogP contribution in [0.25, 0.3) is 0 Å². The molecule has 3 N–H and O–H groups in total. The lowest BCUT2D eigenvalue weighted by Crippen LogP contribution is -2.32. The summed E-state index contributed by atoms with van der Waals surface area (Å²) in [5.74, 6) is -0.0795. The summed E-state index contributed by atoms with van der Waals surface area (Å²) in [6.07, 6.45) is 1.19. The van der Waals surface area contributed by atoms with Gasteiger partial charge in [0.2, 0.25) is 10.0 Å². The van der Waals surface area contributed by atoms with E-state index in [1.54, 1.807) is 42.5 Å². The Bertz CT molecular complexity index is 1540. The minimum Gasteiger partial charge on any atom is -0.459 e. The van der Waals surface area contributed by atoms with Crippen molar-refractivity contribution in [3.8, 4) is 11.5 Å². The van der Waals surface area contributed by atoms with Gasteiger partial charge in [0, 0.05) is 10.2 Å². The number of nitrogens with one attached hydrogen (secondary N) is 3. The number of hydrogen-bond acceptors (Lipinski definition) is 7. The zero-order valence-corrected chi connectivity index (χ0v) is 22.0. The molecule has 0 atom stereocenters. The predicted molar refractivity (Wildman–Crippen MR) is 144 cm³/mol. The molecular formula is C26H21BrN4O6S. The topological polar surface area (TPSA) is 139 Å². The fraction of sp³-hybridized carbons (Fsp3) is 0.0385. The van der Waals surface area contributed by atoms with Crippen LogP contribution in [0, 0.1) is 0 Å². The van der Waals surface area contributed by atoms with E-state index in [9.17, 15) is 18.0 Å². The van der Waals surface area contributed by atoms with Crippen molar-refractivity contribution in [1.82, 2.24) is 10.1 Å². The van der Waals surface area contributed by atoms with E-state index in [2.05, 4.69) is 36.5 Å². The second-order valence-corrected chi connectivity index (χ2v) is 10.4. The SMILES string of the molecule is O=C(N/N=C/c1ccc(CNS(=O)(=O)c2ccc(Br)cc2)o1)C(=O)Nc1ccc(Oc2ccccc2)cc1. The lowest BCUT2D eigenvalue weighted by atomic mass is 10.3. The molecule has 2 amide bonds. The molecule has 0 saturated heterocycles. The molecule has 1 heterocycles. The molecule has 0 bridgehead atoms. The van der Waals surface area contributed by atoms with E-state index in [1.165, 1.54) is 24.4 Å². The highest BCUT2D eigenvalue weighted by molar-refractivity contribution is 9.10. The van der Waals surface area contributed by atoms with Crippen LogP contribution in [0.3, 0.4) is 0 Å². The average molecular weight is 597 g/mol. The van der Waals surface area contributed by atoms with Gasteiger partial charge in [-0.3, -0.25) is 9.59 Å². The smallest absolute Gasteiger partial charge is 0.329 e. The van der Waals surface area contributed by atoms with Crippen LogP contribution in [0.4, 0.5) is 5.69 Å². The lowest BCUT2D eigenvalue weighted by Gasteiger charge is -2.07. The average Bonchev–Trinajstić information content (AvgIpc) is 3.37. The number of nitrogens with zero attached hydrogens (tertiary/aromatic N) is 1. The number of benzene rings is 3. The Morgan fingerprint density at radius 2 is 1.55 bits per heavy atom. The third kappa shape index (κ3) is 7.62. The number of para-hydroxylation sites is 1. The number of sulfonamides is 1. The number of ether oxygens (including phenoxy) is 1. The first-order valence-electron chi connectivity index (χ1n) is 11.1. The van der Waals surface area contributed by atoms with Gasteiger partial charge in [0.1, 0.15) is 23.0 Å². The molecule has 0 aliphatic heterocycles. The summed E-state index contributed by atoms with van der Waals surface area (Å²) in [5, 5.41) is 6.16. The van der Waals surface area contributed by atoms with Crippen LogP contribution in [0.15, 0.2) is 110 Å². The number of carbonyl (C=O) groups excluding carboxylic acids is 2. The van der Waals surface area contributed by atoms with E-state index in [1.807, 2.05) is 30.3 Å². The first kappa shape index (κ1) is 26.8. The molecule has 10 nitrogen and oxygen atoms in total. The van der Waals surface area contributed by atoms with Gasteiger partial charge in [0.15, 0.2) is 0 Å². The molecule has 1 aromatic heterocycles. The van der Waals surface area contributed by atoms with E-state index >= 15 is 0 Å². The fourth-order valence-electron chi connectivity index (χ4n) is 3.05. The molecule has 4 rings (SSSR count). The van der Waals surface area contributed by atoms with Crippen molar-refractivity contribution >= 4 is 49.7 Å². The van der Waals surface area contributed by atoms with Crippen molar-refractivity contribution in [1.29, 1.82) is 0 Å². The Kier molecular flexibility index (Phi) is 8.69. The zero-order chi connectivity index (χ0) is 27.0. The minimum atomic E-state index is -3.72. The third-order valence-electron chi connectivity index (χ3n) is 4.90. The van der Waals surface area contributed by atoms with Crippen LogP contribution in [-0.4, -0.2) is 26.4 Å². The summed E-state index contributed by atoms with van der Waals surface area (Å²) < 4.78 is 39.1. The predicted octanol–water partition coefficient (Wildman–Crippen LogP) is 4.40. The Labute approximate surface area is 226 Å². The quantitative estimate of drug-likeness (QED) is 0.149. The number of anilines is 1. The molecule has 4 aromatic rings. The monoisotopic (exact) mass is 596 g/mol. The van der Waals surface area contributed by atoms with Crippen LogP contribution < -0.4 is 20.2 Å². The van der Waals surface area contributed by atoms with E-state index in [0.29, 0.717) is 22.9 Å². The summed E-state index contributed by atoms with van der Waals surface area (Å²) in [6, 6.07) is 25.0. The molecule has 0 spiro atoms. The van der Waals surface area contributed by atoms with E-state index < -0.39 is 21.8 Å². The van der Waals surface area contributed by atoms with Gasteiger partial charge in [-0.25, -0.2) is 18.6 Å². The van der Waals surface area contributed by atoms with Gasteiger partial charge in [0.25, 0.3) is 0 Å². The highest BCUT2D eigenvalue weighted by atomic mass is 79.9. The number of hydrazone groups is 1. The Morgan fingerprint density at radius 1 is 0.868 bits per heavy atom. The maximum atomic E-state index is 12.4. The van der Waals surface area contributed by atoms with Crippen LogP contribution in [0.5, 0.6) is 11.5 Å². The molecule has 3 aromatic carbocycles. The van der Waals surface area contributed by atoms with Crippen molar-refractivity contribution in [2.75, 3.05) is 5.32 Å². The molecule has 0 aliphatic rings. The van der Waals surface area contributed by atoms with Crippen molar-refractivity contribution in [3.05, 3.63) is 107 Å². The maximum absolute atomic E-state index is 12.4. The third-order valence-corrected chi connectivity index (χ3v) is 6.84. The first-order chi connectivity index (χ1) is 18.3. The van der Waals surface area contributed by atoms with Gasteiger partial charge in [-0.05, 0) is 72.8 Å². The number of amides is 2.